The molecule has 0 spiro atoms. The molecule has 1 aromatic heterocycles. The van der Waals surface area contributed by atoms with Gasteiger partial charge in [-0.3, -0.25) is 9.69 Å². The molecular weight excluding hydrogens is 356 g/mol. The van der Waals surface area contributed by atoms with Gasteiger partial charge in [0.15, 0.2) is 17.7 Å². The third-order valence-electron chi connectivity index (χ3n) is 5.31. The molecular formula is C21H26N4O3. The van der Waals surface area contributed by atoms with E-state index >= 15 is 0 Å². The van der Waals surface area contributed by atoms with Crippen LogP contribution in [-0.2, 0) is 4.79 Å². The van der Waals surface area contributed by atoms with Gasteiger partial charge in [0.1, 0.15) is 5.75 Å². The third-order valence-corrected chi connectivity index (χ3v) is 5.31. The monoisotopic (exact) mass is 382 g/mol. The van der Waals surface area contributed by atoms with Crippen molar-refractivity contribution < 1.29 is 14.3 Å². The van der Waals surface area contributed by atoms with E-state index in [4.69, 9.17) is 9.47 Å². The molecule has 0 radical (unpaired) electrons. The Bertz CT molecular complexity index is 821. The van der Waals surface area contributed by atoms with Crippen molar-refractivity contribution in [3.63, 3.8) is 0 Å². The molecule has 148 valence electrons. The minimum Gasteiger partial charge on any atom is -0.495 e. The predicted octanol–water partition coefficient (Wildman–Crippen LogP) is 2.39. The highest BCUT2D eigenvalue weighted by molar-refractivity contribution is 5.96. The van der Waals surface area contributed by atoms with Gasteiger partial charge < -0.3 is 19.7 Å². The first-order valence-corrected chi connectivity index (χ1v) is 9.77. The molecule has 1 fully saturated rings. The van der Waals surface area contributed by atoms with E-state index < -0.39 is 6.10 Å². The number of amides is 1. The van der Waals surface area contributed by atoms with Gasteiger partial charge in [-0.1, -0.05) is 12.1 Å². The quantitative estimate of drug-likeness (QED) is 0.828. The van der Waals surface area contributed by atoms with Gasteiger partial charge in [-0.05, 0) is 43.7 Å². The summed E-state index contributed by atoms with van der Waals surface area (Å²) in [6.07, 6.45) is 2.83. The predicted molar refractivity (Wildman–Crippen MR) is 108 cm³/mol. The Hall–Kier alpha value is -2.80. The molecule has 1 saturated heterocycles. The zero-order valence-electron chi connectivity index (χ0n) is 16.1. The summed E-state index contributed by atoms with van der Waals surface area (Å²) in [5.74, 6) is 1.98. The minimum atomic E-state index is -0.438. The number of nitrogens with zero attached hydrogens (tertiary/aromatic N) is 3. The Labute approximate surface area is 165 Å². The van der Waals surface area contributed by atoms with E-state index in [2.05, 4.69) is 26.2 Å². The first-order valence-electron chi connectivity index (χ1n) is 9.77. The first kappa shape index (κ1) is 18.6. The zero-order valence-corrected chi connectivity index (χ0v) is 16.1. The van der Waals surface area contributed by atoms with Crippen LogP contribution in [0.2, 0.25) is 0 Å². The second-order valence-corrected chi connectivity index (χ2v) is 7.09. The smallest absolute Gasteiger partial charge is 0.266 e. The number of hydrogen-bond acceptors (Lipinski definition) is 6. The largest absolute Gasteiger partial charge is 0.495 e. The van der Waals surface area contributed by atoms with E-state index in [9.17, 15) is 4.79 Å². The maximum absolute atomic E-state index is 12.2. The Morgan fingerprint density at radius 3 is 2.82 bits per heavy atom. The lowest BCUT2D eigenvalue weighted by Gasteiger charge is -2.36. The summed E-state index contributed by atoms with van der Waals surface area (Å²) in [4.78, 5) is 21.1. The van der Waals surface area contributed by atoms with Crippen LogP contribution >= 0.6 is 0 Å². The van der Waals surface area contributed by atoms with Crippen LogP contribution in [0, 0.1) is 0 Å². The number of fused-ring (bicyclic) bond motifs is 1. The molecule has 3 heterocycles. The zero-order chi connectivity index (χ0) is 19.3. The third kappa shape index (κ3) is 4.04. The molecule has 1 amide bonds. The summed E-state index contributed by atoms with van der Waals surface area (Å²) in [6, 6.07) is 11.8. The fourth-order valence-corrected chi connectivity index (χ4v) is 3.78. The topological polar surface area (TPSA) is 66.9 Å². The van der Waals surface area contributed by atoms with Crippen LogP contribution in [-0.4, -0.2) is 61.7 Å². The molecule has 2 aliphatic rings. The van der Waals surface area contributed by atoms with Crippen molar-refractivity contribution in [1.82, 2.24) is 9.88 Å². The number of para-hydroxylation sites is 2. The molecule has 0 saturated carbocycles. The number of benzene rings is 1. The van der Waals surface area contributed by atoms with Gasteiger partial charge in [-0.15, -0.1) is 0 Å². The molecule has 7 heteroatoms. The van der Waals surface area contributed by atoms with E-state index in [1.165, 1.54) is 0 Å². The van der Waals surface area contributed by atoms with Crippen LogP contribution in [0.25, 0.3) is 0 Å². The normalized spacial score (nSPS) is 19.5. The van der Waals surface area contributed by atoms with Gasteiger partial charge in [0.2, 0.25) is 0 Å². The molecule has 2 aliphatic heterocycles. The number of ether oxygens (including phenoxy) is 2. The van der Waals surface area contributed by atoms with Crippen molar-refractivity contribution in [1.29, 1.82) is 0 Å². The summed E-state index contributed by atoms with van der Waals surface area (Å²) in [7, 11) is 1.72. The highest BCUT2D eigenvalue weighted by atomic mass is 16.5. The van der Waals surface area contributed by atoms with Crippen molar-refractivity contribution in [2.24, 2.45) is 0 Å². The Balaban J connectivity index is 1.23. The average Bonchev–Trinajstić information content (AvgIpc) is 2.74. The van der Waals surface area contributed by atoms with Gasteiger partial charge in [-0.25, -0.2) is 4.98 Å². The molecule has 4 rings (SSSR count). The number of pyridine rings is 1. The van der Waals surface area contributed by atoms with Gasteiger partial charge in [0, 0.05) is 32.4 Å². The van der Waals surface area contributed by atoms with E-state index in [0.717, 1.165) is 50.6 Å². The fourth-order valence-electron chi connectivity index (χ4n) is 3.78. The Morgan fingerprint density at radius 2 is 2.00 bits per heavy atom. The van der Waals surface area contributed by atoms with Crippen molar-refractivity contribution in [3.8, 4) is 11.5 Å². The highest BCUT2D eigenvalue weighted by Crippen LogP contribution is 2.29. The van der Waals surface area contributed by atoms with Crippen LogP contribution in [0.4, 0.5) is 11.5 Å². The molecule has 1 atom stereocenters. The molecule has 2 aromatic rings. The second kappa shape index (κ2) is 8.48. The number of aromatic nitrogens is 1. The first-order chi connectivity index (χ1) is 13.7. The van der Waals surface area contributed by atoms with Gasteiger partial charge in [-0.2, -0.15) is 0 Å². The van der Waals surface area contributed by atoms with E-state index in [-0.39, 0.29) is 5.91 Å². The maximum Gasteiger partial charge on any atom is 0.266 e. The fraction of sp³-hybridized carbons (Fsp3) is 0.429. The number of piperazine rings is 1. The summed E-state index contributed by atoms with van der Waals surface area (Å²) in [5, 5.41) is 2.83. The molecule has 1 aromatic carbocycles. The van der Waals surface area contributed by atoms with Crippen LogP contribution in [0.1, 0.15) is 12.8 Å². The lowest BCUT2D eigenvalue weighted by molar-refractivity contribution is -0.123. The second-order valence-electron chi connectivity index (χ2n) is 7.09. The van der Waals surface area contributed by atoms with Crippen molar-refractivity contribution >= 4 is 17.4 Å². The molecule has 0 aliphatic carbocycles. The number of methoxy groups -OCH3 is 1. The molecule has 1 unspecified atom stereocenters. The van der Waals surface area contributed by atoms with Gasteiger partial charge >= 0.3 is 0 Å². The van der Waals surface area contributed by atoms with E-state index in [1.807, 2.05) is 30.3 Å². The molecule has 28 heavy (non-hydrogen) atoms. The summed E-state index contributed by atoms with van der Waals surface area (Å²) < 4.78 is 11.3. The minimum absolute atomic E-state index is 0.104. The summed E-state index contributed by atoms with van der Waals surface area (Å²) in [5.41, 5.74) is 1.16. The standard InChI is InChI=1S/C21H26N4O3/c1-27-17-7-3-2-6-16(17)25-14-12-24(13-15-25)11-5-9-19-21(26)23-20-18(28-19)8-4-10-22-20/h2-4,6-8,10,19H,5,9,11-15H2,1H3,(H,22,23,26). The lowest BCUT2D eigenvalue weighted by Crippen LogP contribution is -2.47. The number of anilines is 2. The molecule has 7 nitrogen and oxygen atoms in total. The summed E-state index contributed by atoms with van der Waals surface area (Å²) in [6.45, 7) is 4.91. The van der Waals surface area contributed by atoms with E-state index in [1.54, 1.807) is 13.3 Å². The van der Waals surface area contributed by atoms with Crippen LogP contribution in [0.3, 0.4) is 0 Å². The number of carbonyl (C=O) groups is 1. The van der Waals surface area contributed by atoms with Crippen molar-refractivity contribution in [2.45, 2.75) is 18.9 Å². The Morgan fingerprint density at radius 1 is 1.18 bits per heavy atom. The van der Waals surface area contributed by atoms with Crippen molar-refractivity contribution in [2.75, 3.05) is 50.1 Å². The summed E-state index contributed by atoms with van der Waals surface area (Å²) >= 11 is 0. The average molecular weight is 382 g/mol. The number of hydrogen-bond donors (Lipinski definition) is 1. The van der Waals surface area contributed by atoms with Crippen LogP contribution in [0.5, 0.6) is 11.5 Å². The lowest BCUT2D eigenvalue weighted by atomic mass is 10.1. The highest BCUT2D eigenvalue weighted by Gasteiger charge is 2.28. The van der Waals surface area contributed by atoms with Crippen LogP contribution < -0.4 is 19.7 Å². The molecule has 1 N–H and O–H groups in total. The Kier molecular flexibility index (Phi) is 5.62. The van der Waals surface area contributed by atoms with Crippen molar-refractivity contribution in [3.05, 3.63) is 42.6 Å². The maximum atomic E-state index is 12.2. The van der Waals surface area contributed by atoms with E-state index in [0.29, 0.717) is 18.0 Å². The SMILES string of the molecule is COc1ccccc1N1CCN(CCCC2Oc3cccnc3NC2=O)CC1. The van der Waals surface area contributed by atoms with Gasteiger partial charge in [0.25, 0.3) is 5.91 Å². The molecule has 0 bridgehead atoms. The number of carbonyl (C=O) groups excluding carboxylic acids is 1. The van der Waals surface area contributed by atoms with Crippen LogP contribution in [0.15, 0.2) is 42.6 Å². The number of rotatable bonds is 6. The van der Waals surface area contributed by atoms with Gasteiger partial charge in [0.05, 0.1) is 12.8 Å². The number of nitrogens with one attached hydrogen (secondary N) is 1.